The highest BCUT2D eigenvalue weighted by Crippen LogP contribution is 2.41. The summed E-state index contributed by atoms with van der Waals surface area (Å²) >= 11 is 0. The third-order valence-corrected chi connectivity index (χ3v) is 4.51. The summed E-state index contributed by atoms with van der Waals surface area (Å²) in [7, 11) is 0. The van der Waals surface area contributed by atoms with Gasteiger partial charge in [-0.05, 0) is 28.6 Å². The summed E-state index contributed by atoms with van der Waals surface area (Å²) in [6, 6.07) is 17.4. The molecule has 6 heteroatoms. The van der Waals surface area contributed by atoms with Crippen molar-refractivity contribution in [3.8, 4) is 5.75 Å². The Hall–Kier alpha value is -3.02. The van der Waals surface area contributed by atoms with Crippen LogP contribution in [0.5, 0.6) is 5.75 Å². The SMILES string of the molecule is O=C1C[C@H](c2ccc(OC(F)(F)F)cc2)c2ccc3ccccc3c2N1. The average Bonchev–Trinajstić information content (AvgIpc) is 2.60. The van der Waals surface area contributed by atoms with Crippen molar-refractivity contribution in [1.29, 1.82) is 0 Å². The number of anilines is 1. The molecule has 3 aromatic carbocycles. The minimum Gasteiger partial charge on any atom is -0.406 e. The lowest BCUT2D eigenvalue weighted by molar-refractivity contribution is -0.274. The highest BCUT2D eigenvalue weighted by molar-refractivity contribution is 6.06. The number of hydrogen-bond donors (Lipinski definition) is 1. The van der Waals surface area contributed by atoms with Gasteiger partial charge in [0.2, 0.25) is 5.91 Å². The molecule has 0 spiro atoms. The number of alkyl halides is 3. The number of halogens is 3. The summed E-state index contributed by atoms with van der Waals surface area (Å²) in [4.78, 5) is 12.2. The molecule has 4 rings (SSSR count). The standard InChI is InChI=1S/C20H14F3NO2/c21-20(22,23)26-14-8-5-13(6-9-14)17-11-18(25)24-19-15-4-2-1-3-12(15)7-10-16(17)19/h1-10,17H,11H2,(H,24,25)/t17-/m1/s1. The summed E-state index contributed by atoms with van der Waals surface area (Å²) in [6.45, 7) is 0. The molecule has 3 nitrogen and oxygen atoms in total. The summed E-state index contributed by atoms with van der Waals surface area (Å²) in [5.74, 6) is -0.613. The maximum absolute atomic E-state index is 12.3. The Morgan fingerprint density at radius 3 is 2.42 bits per heavy atom. The van der Waals surface area contributed by atoms with E-state index in [1.807, 2.05) is 36.4 Å². The second-order valence-electron chi connectivity index (χ2n) is 6.17. The van der Waals surface area contributed by atoms with Gasteiger partial charge in [0.1, 0.15) is 5.75 Å². The Balaban J connectivity index is 1.74. The smallest absolute Gasteiger partial charge is 0.406 e. The first kappa shape index (κ1) is 16.4. The van der Waals surface area contributed by atoms with E-state index in [0.29, 0.717) is 0 Å². The molecule has 0 radical (unpaired) electrons. The van der Waals surface area contributed by atoms with Gasteiger partial charge in [0.05, 0.1) is 5.69 Å². The largest absolute Gasteiger partial charge is 0.573 e. The highest BCUT2D eigenvalue weighted by atomic mass is 19.4. The molecule has 1 amide bonds. The summed E-state index contributed by atoms with van der Waals surface area (Å²) in [5, 5.41) is 4.89. The third kappa shape index (κ3) is 3.10. The minimum absolute atomic E-state index is 0.116. The summed E-state index contributed by atoms with van der Waals surface area (Å²) in [5.41, 5.74) is 2.48. The van der Waals surface area contributed by atoms with Crippen LogP contribution in [-0.4, -0.2) is 12.3 Å². The maximum Gasteiger partial charge on any atom is 0.573 e. The Labute approximate surface area is 147 Å². The van der Waals surface area contributed by atoms with E-state index in [9.17, 15) is 18.0 Å². The number of carbonyl (C=O) groups is 1. The molecule has 0 fully saturated rings. The molecule has 0 aliphatic carbocycles. The van der Waals surface area contributed by atoms with Gasteiger partial charge in [-0.25, -0.2) is 0 Å². The van der Waals surface area contributed by atoms with Gasteiger partial charge in [-0.2, -0.15) is 0 Å². The molecule has 0 unspecified atom stereocenters. The van der Waals surface area contributed by atoms with E-state index in [1.165, 1.54) is 12.1 Å². The molecule has 1 atom stereocenters. The van der Waals surface area contributed by atoms with Gasteiger partial charge in [-0.3, -0.25) is 4.79 Å². The maximum atomic E-state index is 12.3. The molecule has 1 heterocycles. The monoisotopic (exact) mass is 357 g/mol. The van der Waals surface area contributed by atoms with Crippen LogP contribution in [0.2, 0.25) is 0 Å². The topological polar surface area (TPSA) is 38.3 Å². The van der Waals surface area contributed by atoms with Crippen molar-refractivity contribution in [3.05, 3.63) is 71.8 Å². The zero-order chi connectivity index (χ0) is 18.3. The van der Waals surface area contributed by atoms with Crippen molar-refractivity contribution in [2.24, 2.45) is 0 Å². The van der Waals surface area contributed by atoms with E-state index < -0.39 is 6.36 Å². The lowest BCUT2D eigenvalue weighted by atomic mass is 9.83. The lowest BCUT2D eigenvalue weighted by Gasteiger charge is -2.27. The van der Waals surface area contributed by atoms with Crippen LogP contribution in [0, 0.1) is 0 Å². The molecular formula is C20H14F3NO2. The molecule has 1 aliphatic heterocycles. The Morgan fingerprint density at radius 2 is 1.69 bits per heavy atom. The minimum atomic E-state index is -4.72. The first-order valence-electron chi connectivity index (χ1n) is 8.08. The first-order chi connectivity index (χ1) is 12.4. The van der Waals surface area contributed by atoms with Gasteiger partial charge < -0.3 is 10.1 Å². The van der Waals surface area contributed by atoms with Gasteiger partial charge >= 0.3 is 6.36 Å². The number of nitrogens with one attached hydrogen (secondary N) is 1. The van der Waals surface area contributed by atoms with Crippen molar-refractivity contribution >= 4 is 22.4 Å². The number of rotatable bonds is 2. The van der Waals surface area contributed by atoms with E-state index in [0.717, 1.165) is 27.6 Å². The molecule has 132 valence electrons. The molecule has 0 saturated carbocycles. The van der Waals surface area contributed by atoms with Crippen molar-refractivity contribution < 1.29 is 22.7 Å². The quantitative estimate of drug-likeness (QED) is 0.683. The van der Waals surface area contributed by atoms with Crippen LogP contribution in [0.4, 0.5) is 18.9 Å². The first-order valence-corrected chi connectivity index (χ1v) is 8.08. The van der Waals surface area contributed by atoms with Crippen LogP contribution in [-0.2, 0) is 4.79 Å². The van der Waals surface area contributed by atoms with E-state index in [4.69, 9.17) is 0 Å². The second kappa shape index (κ2) is 6.05. The van der Waals surface area contributed by atoms with Gasteiger partial charge in [0.25, 0.3) is 0 Å². The molecule has 0 saturated heterocycles. The highest BCUT2D eigenvalue weighted by Gasteiger charge is 2.31. The molecule has 1 N–H and O–H groups in total. The van der Waals surface area contributed by atoms with Gasteiger partial charge in [-0.1, -0.05) is 48.5 Å². The van der Waals surface area contributed by atoms with Crippen LogP contribution >= 0.6 is 0 Å². The van der Waals surface area contributed by atoms with Crippen LogP contribution < -0.4 is 10.1 Å². The van der Waals surface area contributed by atoms with Crippen molar-refractivity contribution in [2.75, 3.05) is 5.32 Å². The van der Waals surface area contributed by atoms with Crippen LogP contribution in [0.3, 0.4) is 0 Å². The van der Waals surface area contributed by atoms with E-state index in [-0.39, 0.29) is 24.0 Å². The predicted molar refractivity (Wildman–Crippen MR) is 92.2 cm³/mol. The molecule has 0 bridgehead atoms. The van der Waals surface area contributed by atoms with Crippen molar-refractivity contribution in [3.63, 3.8) is 0 Å². The fourth-order valence-electron chi connectivity index (χ4n) is 3.40. The lowest BCUT2D eigenvalue weighted by Crippen LogP contribution is -2.23. The molecular weight excluding hydrogens is 343 g/mol. The average molecular weight is 357 g/mol. The molecule has 26 heavy (non-hydrogen) atoms. The molecule has 0 aromatic heterocycles. The van der Waals surface area contributed by atoms with Crippen molar-refractivity contribution in [2.45, 2.75) is 18.7 Å². The third-order valence-electron chi connectivity index (χ3n) is 4.51. The van der Waals surface area contributed by atoms with Crippen LogP contribution in [0.1, 0.15) is 23.5 Å². The Kier molecular flexibility index (Phi) is 3.83. The van der Waals surface area contributed by atoms with E-state index >= 15 is 0 Å². The van der Waals surface area contributed by atoms with E-state index in [2.05, 4.69) is 10.1 Å². The number of hydrogen-bond acceptors (Lipinski definition) is 2. The number of ether oxygens (including phenoxy) is 1. The normalized spacial score (nSPS) is 16.9. The van der Waals surface area contributed by atoms with Gasteiger partial charge in [-0.15, -0.1) is 13.2 Å². The molecule has 1 aliphatic rings. The number of fused-ring (bicyclic) bond motifs is 3. The molecule has 3 aromatic rings. The number of amides is 1. The van der Waals surface area contributed by atoms with Crippen LogP contribution in [0.25, 0.3) is 10.8 Å². The number of benzene rings is 3. The van der Waals surface area contributed by atoms with E-state index in [1.54, 1.807) is 12.1 Å². The zero-order valence-electron chi connectivity index (χ0n) is 13.5. The Bertz CT molecular complexity index is 981. The Morgan fingerprint density at radius 1 is 0.962 bits per heavy atom. The van der Waals surface area contributed by atoms with Gasteiger partial charge in [0, 0.05) is 17.7 Å². The summed E-state index contributed by atoms with van der Waals surface area (Å²) < 4.78 is 40.9. The second-order valence-corrected chi connectivity index (χ2v) is 6.17. The zero-order valence-corrected chi connectivity index (χ0v) is 13.5. The fraction of sp³-hybridized carbons (Fsp3) is 0.150. The number of carbonyl (C=O) groups excluding carboxylic acids is 1. The fourth-order valence-corrected chi connectivity index (χ4v) is 3.40. The predicted octanol–water partition coefficient (Wildman–Crippen LogP) is 5.21. The van der Waals surface area contributed by atoms with Crippen molar-refractivity contribution in [1.82, 2.24) is 0 Å². The van der Waals surface area contributed by atoms with Gasteiger partial charge in [0.15, 0.2) is 0 Å². The summed E-state index contributed by atoms with van der Waals surface area (Å²) in [6.07, 6.45) is -4.48. The van der Waals surface area contributed by atoms with Crippen LogP contribution in [0.15, 0.2) is 60.7 Å².